The maximum atomic E-state index is 12.7. The van der Waals surface area contributed by atoms with E-state index in [-0.39, 0.29) is 41.4 Å². The fourth-order valence-corrected chi connectivity index (χ4v) is 2.23. The Balaban J connectivity index is 2.12. The maximum Gasteiger partial charge on any atom is 0.441 e. The topological polar surface area (TPSA) is 55.1 Å². The van der Waals surface area contributed by atoms with Crippen molar-refractivity contribution in [1.82, 2.24) is 4.98 Å². The third kappa shape index (κ3) is 6.90. The molecule has 0 fully saturated rings. The molecule has 11 heteroatoms. The van der Waals surface area contributed by atoms with Crippen molar-refractivity contribution in [3.63, 3.8) is 0 Å². The van der Waals surface area contributed by atoms with Gasteiger partial charge in [0.15, 0.2) is 0 Å². The Labute approximate surface area is 153 Å². The first-order valence-electron chi connectivity index (χ1n) is 7.17. The van der Waals surface area contributed by atoms with E-state index >= 15 is 0 Å². The molecule has 0 aliphatic heterocycles. The monoisotopic (exact) mass is 408 g/mol. The van der Waals surface area contributed by atoms with Crippen LogP contribution in [0.3, 0.4) is 0 Å². The van der Waals surface area contributed by atoms with Gasteiger partial charge in [-0.05, 0) is 30.0 Å². The van der Waals surface area contributed by atoms with Crippen LogP contribution in [-0.4, -0.2) is 22.9 Å². The summed E-state index contributed by atoms with van der Waals surface area (Å²) in [5, 5.41) is 8.99. The quantitative estimate of drug-likeness (QED) is 0.474. The van der Waals surface area contributed by atoms with Gasteiger partial charge in [-0.15, -0.1) is 0 Å². The van der Waals surface area contributed by atoms with E-state index in [1.54, 1.807) is 6.07 Å². The second-order valence-electron chi connectivity index (χ2n) is 4.91. The van der Waals surface area contributed by atoms with Crippen LogP contribution in [0.5, 0.6) is 17.5 Å². The number of nitriles is 1. The Hall–Kier alpha value is -2.61. The number of ether oxygens (including phenoxy) is 2. The van der Waals surface area contributed by atoms with Crippen LogP contribution in [-0.2, 0) is 6.18 Å². The van der Waals surface area contributed by atoms with Crippen molar-refractivity contribution in [2.24, 2.45) is 0 Å². The van der Waals surface area contributed by atoms with Gasteiger partial charge in [0.1, 0.15) is 5.75 Å². The summed E-state index contributed by atoms with van der Waals surface area (Å²) >= 11 is -0.282. The van der Waals surface area contributed by atoms with E-state index in [9.17, 15) is 26.3 Å². The van der Waals surface area contributed by atoms with Gasteiger partial charge in [0.05, 0.1) is 23.8 Å². The number of rotatable bonds is 6. The standard InChI is InChI=1S/C16H10F6N2O2S/c17-15(18,19)11-2-1-3-12(8-11)26-14-7-10(9-23)6-13(24-14)25-4-5-27-16(20,21)22/h1-3,6-8H,4-5H2. The first-order chi connectivity index (χ1) is 12.6. The molecule has 0 bridgehead atoms. The highest BCUT2D eigenvalue weighted by Crippen LogP contribution is 2.33. The van der Waals surface area contributed by atoms with Crippen molar-refractivity contribution < 1.29 is 35.8 Å². The van der Waals surface area contributed by atoms with Gasteiger partial charge in [0.2, 0.25) is 11.8 Å². The highest BCUT2D eigenvalue weighted by Gasteiger charge is 2.30. The van der Waals surface area contributed by atoms with Gasteiger partial charge < -0.3 is 9.47 Å². The Kier molecular flexibility index (Phi) is 6.43. The summed E-state index contributed by atoms with van der Waals surface area (Å²) in [7, 11) is 0. The molecule has 0 saturated carbocycles. The molecule has 0 aliphatic carbocycles. The smallest absolute Gasteiger partial charge is 0.441 e. The molecule has 0 aliphatic rings. The van der Waals surface area contributed by atoms with Gasteiger partial charge in [0.25, 0.3) is 0 Å². The lowest BCUT2D eigenvalue weighted by Gasteiger charge is -2.11. The van der Waals surface area contributed by atoms with Crippen molar-refractivity contribution >= 4 is 11.8 Å². The average Bonchev–Trinajstić information content (AvgIpc) is 2.57. The van der Waals surface area contributed by atoms with E-state index in [2.05, 4.69) is 4.98 Å². The van der Waals surface area contributed by atoms with Crippen molar-refractivity contribution in [3.8, 4) is 23.6 Å². The predicted octanol–water partition coefficient (Wildman–Crippen LogP) is 5.40. The van der Waals surface area contributed by atoms with Crippen LogP contribution < -0.4 is 9.47 Å². The van der Waals surface area contributed by atoms with E-state index in [0.29, 0.717) is 0 Å². The molecule has 144 valence electrons. The molecule has 0 unspecified atom stereocenters. The SMILES string of the molecule is N#Cc1cc(OCCSC(F)(F)F)nc(Oc2cccc(C(F)(F)F)c2)c1. The zero-order chi connectivity index (χ0) is 20.1. The summed E-state index contributed by atoms with van der Waals surface area (Å²) in [4.78, 5) is 3.84. The summed E-state index contributed by atoms with van der Waals surface area (Å²) in [5.74, 6) is -0.983. The number of alkyl halides is 6. The third-order valence-electron chi connectivity index (χ3n) is 2.89. The number of thioether (sulfide) groups is 1. The molecule has 4 nitrogen and oxygen atoms in total. The number of hydrogen-bond acceptors (Lipinski definition) is 5. The Morgan fingerprint density at radius 1 is 1.04 bits per heavy atom. The lowest BCUT2D eigenvalue weighted by Crippen LogP contribution is -2.08. The second-order valence-corrected chi connectivity index (χ2v) is 6.07. The van der Waals surface area contributed by atoms with Crippen LogP contribution in [0.15, 0.2) is 36.4 Å². The number of aromatic nitrogens is 1. The Morgan fingerprint density at radius 2 is 1.74 bits per heavy atom. The van der Waals surface area contributed by atoms with E-state index in [1.165, 1.54) is 12.1 Å². The van der Waals surface area contributed by atoms with Crippen LogP contribution in [0.25, 0.3) is 0 Å². The Morgan fingerprint density at radius 3 is 2.37 bits per heavy atom. The number of pyridine rings is 1. The molecule has 1 aromatic carbocycles. The van der Waals surface area contributed by atoms with Crippen LogP contribution in [0, 0.1) is 11.3 Å². The molecular formula is C16H10F6N2O2S. The van der Waals surface area contributed by atoms with E-state index < -0.39 is 23.0 Å². The van der Waals surface area contributed by atoms with Crippen LogP contribution in [0.2, 0.25) is 0 Å². The van der Waals surface area contributed by atoms with Crippen LogP contribution in [0.4, 0.5) is 26.3 Å². The van der Waals surface area contributed by atoms with E-state index in [1.807, 2.05) is 0 Å². The maximum absolute atomic E-state index is 12.7. The predicted molar refractivity (Wildman–Crippen MR) is 84.5 cm³/mol. The van der Waals surface area contributed by atoms with Crippen molar-refractivity contribution in [1.29, 1.82) is 5.26 Å². The van der Waals surface area contributed by atoms with Gasteiger partial charge in [-0.2, -0.15) is 36.6 Å². The first-order valence-corrected chi connectivity index (χ1v) is 8.16. The van der Waals surface area contributed by atoms with E-state index in [0.717, 1.165) is 24.3 Å². The van der Waals surface area contributed by atoms with Crippen molar-refractivity contribution in [3.05, 3.63) is 47.5 Å². The van der Waals surface area contributed by atoms with Gasteiger partial charge in [-0.25, -0.2) is 0 Å². The van der Waals surface area contributed by atoms with Crippen LogP contribution in [0.1, 0.15) is 11.1 Å². The highest BCUT2D eigenvalue weighted by molar-refractivity contribution is 8.00. The number of nitrogens with zero attached hydrogens (tertiary/aromatic N) is 2. The molecular weight excluding hydrogens is 398 g/mol. The lowest BCUT2D eigenvalue weighted by molar-refractivity contribution is -0.137. The van der Waals surface area contributed by atoms with Crippen molar-refractivity contribution in [2.75, 3.05) is 12.4 Å². The molecule has 2 aromatic rings. The molecule has 0 amide bonds. The molecule has 1 aromatic heterocycles. The second kappa shape index (κ2) is 8.39. The summed E-state index contributed by atoms with van der Waals surface area (Å²) in [6, 6.07) is 8.13. The molecule has 0 saturated heterocycles. The largest absolute Gasteiger partial charge is 0.477 e. The fraction of sp³-hybridized carbons (Fsp3) is 0.250. The molecule has 0 radical (unpaired) electrons. The minimum atomic E-state index is -4.56. The number of benzene rings is 1. The minimum absolute atomic E-state index is 0.0189. The normalized spacial score (nSPS) is 11.7. The average molecular weight is 408 g/mol. The molecule has 0 atom stereocenters. The van der Waals surface area contributed by atoms with Gasteiger partial charge >= 0.3 is 11.7 Å². The molecule has 0 N–H and O–H groups in total. The summed E-state index contributed by atoms with van der Waals surface area (Å²) in [5.41, 5.74) is -5.31. The van der Waals surface area contributed by atoms with Crippen molar-refractivity contribution in [2.45, 2.75) is 11.7 Å². The molecule has 1 heterocycles. The first kappa shape index (κ1) is 20.7. The fourth-order valence-electron chi connectivity index (χ4n) is 1.83. The van der Waals surface area contributed by atoms with Crippen LogP contribution >= 0.6 is 11.8 Å². The lowest BCUT2D eigenvalue weighted by atomic mass is 10.2. The highest BCUT2D eigenvalue weighted by atomic mass is 32.2. The zero-order valence-corrected chi connectivity index (χ0v) is 14.1. The molecule has 0 spiro atoms. The Bertz CT molecular complexity index is 833. The zero-order valence-electron chi connectivity index (χ0n) is 13.3. The van der Waals surface area contributed by atoms with Gasteiger partial charge in [0, 0.05) is 17.9 Å². The van der Waals surface area contributed by atoms with E-state index in [4.69, 9.17) is 14.7 Å². The van der Waals surface area contributed by atoms with Gasteiger partial charge in [-0.1, -0.05) is 6.07 Å². The van der Waals surface area contributed by atoms with Gasteiger partial charge in [-0.3, -0.25) is 0 Å². The third-order valence-corrected chi connectivity index (χ3v) is 3.59. The summed E-state index contributed by atoms with van der Waals surface area (Å²) in [6.07, 6.45) is -4.56. The molecule has 27 heavy (non-hydrogen) atoms. The number of halogens is 6. The number of hydrogen-bond donors (Lipinski definition) is 0. The summed E-state index contributed by atoms with van der Waals surface area (Å²) < 4.78 is 84.7. The minimum Gasteiger partial charge on any atom is -0.477 e. The molecule has 2 rings (SSSR count). The summed E-state index contributed by atoms with van der Waals surface area (Å²) in [6.45, 7) is -0.338.